The Morgan fingerprint density at radius 2 is 1.67 bits per heavy atom. The number of quaternary nitrogens is 1. The lowest BCUT2D eigenvalue weighted by Crippen LogP contribution is -3.14. The molecular formula is C14H28N3O3S+. The molecule has 2 fully saturated rings. The van der Waals surface area contributed by atoms with E-state index >= 15 is 0 Å². The first-order valence-corrected chi connectivity index (χ1v) is 9.69. The lowest BCUT2D eigenvalue weighted by Gasteiger charge is -2.36. The maximum atomic E-state index is 12.5. The van der Waals surface area contributed by atoms with Gasteiger partial charge in [0.15, 0.2) is 0 Å². The Labute approximate surface area is 128 Å². The van der Waals surface area contributed by atoms with Crippen molar-refractivity contribution in [1.29, 1.82) is 0 Å². The first-order valence-electron chi connectivity index (χ1n) is 8.08. The minimum atomic E-state index is -3.10. The molecule has 0 bridgehead atoms. The number of rotatable bonds is 4. The SMILES string of the molecule is CC[NH+]1CCN(C(=O)C2CCN(S(=O)(=O)CC)CC2)CC1. The van der Waals surface area contributed by atoms with Gasteiger partial charge in [-0.3, -0.25) is 4.79 Å². The summed E-state index contributed by atoms with van der Waals surface area (Å²) in [5.41, 5.74) is 0. The lowest BCUT2D eigenvalue weighted by atomic mass is 9.96. The Hall–Kier alpha value is -0.660. The van der Waals surface area contributed by atoms with Crippen LogP contribution >= 0.6 is 0 Å². The van der Waals surface area contributed by atoms with Gasteiger partial charge < -0.3 is 9.80 Å². The van der Waals surface area contributed by atoms with Crippen LogP contribution in [0.2, 0.25) is 0 Å². The molecule has 2 rings (SSSR count). The average Bonchev–Trinajstić information content (AvgIpc) is 2.54. The van der Waals surface area contributed by atoms with Crippen LogP contribution in [0.25, 0.3) is 0 Å². The number of amides is 1. The predicted molar refractivity (Wildman–Crippen MR) is 81.6 cm³/mol. The smallest absolute Gasteiger partial charge is 0.226 e. The number of sulfonamides is 1. The van der Waals surface area contributed by atoms with Crippen molar-refractivity contribution in [3.05, 3.63) is 0 Å². The van der Waals surface area contributed by atoms with Crippen molar-refractivity contribution in [3.63, 3.8) is 0 Å². The highest BCUT2D eigenvalue weighted by atomic mass is 32.2. The fourth-order valence-corrected chi connectivity index (χ4v) is 4.35. The number of nitrogens with one attached hydrogen (secondary N) is 1. The van der Waals surface area contributed by atoms with E-state index in [2.05, 4.69) is 6.92 Å². The highest BCUT2D eigenvalue weighted by Crippen LogP contribution is 2.21. The van der Waals surface area contributed by atoms with E-state index in [4.69, 9.17) is 0 Å². The van der Waals surface area contributed by atoms with E-state index < -0.39 is 10.0 Å². The van der Waals surface area contributed by atoms with E-state index in [1.54, 1.807) is 11.8 Å². The largest absolute Gasteiger partial charge is 0.332 e. The second-order valence-electron chi connectivity index (χ2n) is 6.00. The van der Waals surface area contributed by atoms with Crippen molar-refractivity contribution < 1.29 is 18.1 Å². The van der Waals surface area contributed by atoms with E-state index in [9.17, 15) is 13.2 Å². The van der Waals surface area contributed by atoms with Gasteiger partial charge in [0.05, 0.1) is 38.5 Å². The van der Waals surface area contributed by atoms with E-state index in [-0.39, 0.29) is 17.6 Å². The standard InChI is InChI=1S/C14H27N3O3S/c1-3-15-9-11-16(12-10-15)14(18)13-5-7-17(8-6-13)21(19,20)4-2/h13H,3-12H2,1-2H3/p+1. The van der Waals surface area contributed by atoms with Gasteiger partial charge in [-0.05, 0) is 26.7 Å². The van der Waals surface area contributed by atoms with Crippen LogP contribution < -0.4 is 4.90 Å². The Morgan fingerprint density at radius 3 is 2.14 bits per heavy atom. The van der Waals surface area contributed by atoms with Gasteiger partial charge in [0.2, 0.25) is 15.9 Å². The third kappa shape index (κ3) is 3.96. The molecule has 2 aliphatic heterocycles. The summed E-state index contributed by atoms with van der Waals surface area (Å²) in [5, 5.41) is 0. The number of piperidine rings is 1. The van der Waals surface area contributed by atoms with Gasteiger partial charge in [0.25, 0.3) is 0 Å². The highest BCUT2D eigenvalue weighted by Gasteiger charge is 2.33. The topological polar surface area (TPSA) is 62.1 Å². The molecule has 7 heteroatoms. The number of hydrogen-bond acceptors (Lipinski definition) is 3. The Bertz CT molecular complexity index is 450. The number of carbonyl (C=O) groups excluding carboxylic acids is 1. The fourth-order valence-electron chi connectivity index (χ4n) is 3.22. The zero-order valence-corrected chi connectivity index (χ0v) is 14.0. The summed E-state index contributed by atoms with van der Waals surface area (Å²) in [5.74, 6) is 0.392. The molecule has 2 heterocycles. The Kier molecular flexibility index (Phi) is 5.62. The van der Waals surface area contributed by atoms with E-state index in [1.807, 2.05) is 4.90 Å². The quantitative estimate of drug-likeness (QED) is 0.708. The van der Waals surface area contributed by atoms with Gasteiger partial charge in [-0.2, -0.15) is 0 Å². The molecule has 6 nitrogen and oxygen atoms in total. The first-order chi connectivity index (χ1) is 9.97. The molecule has 1 amide bonds. The minimum Gasteiger partial charge on any atom is -0.332 e. The summed E-state index contributed by atoms with van der Waals surface area (Å²) >= 11 is 0. The van der Waals surface area contributed by atoms with Crippen LogP contribution in [-0.2, 0) is 14.8 Å². The first kappa shape index (κ1) is 16.7. The maximum Gasteiger partial charge on any atom is 0.226 e. The van der Waals surface area contributed by atoms with E-state index in [1.165, 1.54) is 4.31 Å². The maximum absolute atomic E-state index is 12.5. The molecule has 1 N–H and O–H groups in total. The zero-order chi connectivity index (χ0) is 15.5. The third-order valence-corrected chi connectivity index (χ3v) is 6.73. The second kappa shape index (κ2) is 7.07. The van der Waals surface area contributed by atoms with Crippen molar-refractivity contribution in [1.82, 2.24) is 9.21 Å². The zero-order valence-electron chi connectivity index (χ0n) is 13.2. The van der Waals surface area contributed by atoms with Gasteiger partial charge in [0, 0.05) is 19.0 Å². The number of piperazine rings is 1. The number of likely N-dealkylation sites (N-methyl/N-ethyl adjacent to an activating group) is 1. The van der Waals surface area contributed by atoms with Gasteiger partial charge in [-0.25, -0.2) is 12.7 Å². The molecule has 2 aliphatic rings. The molecule has 0 unspecified atom stereocenters. The summed E-state index contributed by atoms with van der Waals surface area (Å²) in [6, 6.07) is 0. The van der Waals surface area contributed by atoms with Crippen molar-refractivity contribution in [2.75, 3.05) is 51.6 Å². The fraction of sp³-hybridized carbons (Fsp3) is 0.929. The highest BCUT2D eigenvalue weighted by molar-refractivity contribution is 7.89. The molecule has 0 aromatic rings. The van der Waals surface area contributed by atoms with Crippen LogP contribution in [0.1, 0.15) is 26.7 Å². The van der Waals surface area contributed by atoms with Crippen molar-refractivity contribution in [3.8, 4) is 0 Å². The molecule has 2 saturated heterocycles. The van der Waals surface area contributed by atoms with Crippen molar-refractivity contribution >= 4 is 15.9 Å². The molecule has 0 spiro atoms. The Morgan fingerprint density at radius 1 is 1.10 bits per heavy atom. The summed E-state index contributed by atoms with van der Waals surface area (Å²) < 4.78 is 25.2. The van der Waals surface area contributed by atoms with Crippen molar-refractivity contribution in [2.45, 2.75) is 26.7 Å². The molecule has 0 aromatic carbocycles. The van der Waals surface area contributed by atoms with Crippen LogP contribution in [-0.4, -0.2) is 75.1 Å². The molecule has 0 saturated carbocycles. The average molecular weight is 318 g/mol. The van der Waals surface area contributed by atoms with Crippen LogP contribution in [0.4, 0.5) is 0 Å². The van der Waals surface area contributed by atoms with Gasteiger partial charge in [-0.15, -0.1) is 0 Å². The summed E-state index contributed by atoms with van der Waals surface area (Å²) in [7, 11) is -3.10. The monoisotopic (exact) mass is 318 g/mol. The molecule has 0 radical (unpaired) electrons. The van der Waals surface area contributed by atoms with Crippen LogP contribution in [0, 0.1) is 5.92 Å². The normalized spacial score (nSPS) is 23.4. The third-order valence-electron chi connectivity index (χ3n) is 4.84. The minimum absolute atomic E-state index is 0.0106. The van der Waals surface area contributed by atoms with Crippen LogP contribution in [0.15, 0.2) is 0 Å². The van der Waals surface area contributed by atoms with E-state index in [0.29, 0.717) is 25.9 Å². The van der Waals surface area contributed by atoms with Crippen LogP contribution in [0.5, 0.6) is 0 Å². The molecule has 0 aromatic heterocycles. The molecular weight excluding hydrogens is 290 g/mol. The predicted octanol–water partition coefficient (Wildman–Crippen LogP) is -1.20. The number of hydrogen-bond donors (Lipinski definition) is 1. The van der Waals surface area contributed by atoms with Gasteiger partial charge in [0.1, 0.15) is 0 Å². The molecule has 0 aliphatic carbocycles. The second-order valence-corrected chi connectivity index (χ2v) is 8.26. The molecule has 0 atom stereocenters. The van der Waals surface area contributed by atoms with Gasteiger partial charge in [-0.1, -0.05) is 0 Å². The van der Waals surface area contributed by atoms with E-state index in [0.717, 1.165) is 32.7 Å². The van der Waals surface area contributed by atoms with Gasteiger partial charge >= 0.3 is 0 Å². The Balaban J connectivity index is 1.84. The summed E-state index contributed by atoms with van der Waals surface area (Å²) in [6.07, 6.45) is 1.33. The lowest BCUT2D eigenvalue weighted by molar-refractivity contribution is -0.902. The van der Waals surface area contributed by atoms with Crippen LogP contribution in [0.3, 0.4) is 0 Å². The molecule has 122 valence electrons. The summed E-state index contributed by atoms with van der Waals surface area (Å²) in [6.45, 7) is 9.70. The number of nitrogens with zero attached hydrogens (tertiary/aromatic N) is 2. The molecule has 21 heavy (non-hydrogen) atoms. The summed E-state index contributed by atoms with van der Waals surface area (Å²) in [4.78, 5) is 16.1. The van der Waals surface area contributed by atoms with Crippen molar-refractivity contribution in [2.24, 2.45) is 5.92 Å². The number of carbonyl (C=O) groups is 1.